The standard InChI is InChI=1S/C11H23N/c1-4-6-11-8-7-10(5-2)9-12(11)3/h10-11H,4-9H2,1-3H3. The van der Waals surface area contributed by atoms with Crippen LogP contribution in [0.15, 0.2) is 0 Å². The Morgan fingerprint density at radius 3 is 2.50 bits per heavy atom. The number of nitrogens with zero attached hydrogens (tertiary/aromatic N) is 1. The zero-order chi connectivity index (χ0) is 8.97. The molecule has 1 aliphatic rings. The molecule has 1 fully saturated rings. The lowest BCUT2D eigenvalue weighted by Crippen LogP contribution is -2.40. The summed E-state index contributed by atoms with van der Waals surface area (Å²) in [6, 6.07) is 0.887. The molecular formula is C11H23N. The predicted octanol–water partition coefficient (Wildman–Crippen LogP) is 2.91. The normalized spacial score (nSPS) is 32.2. The molecular weight excluding hydrogens is 146 g/mol. The van der Waals surface area contributed by atoms with Crippen LogP contribution in [0, 0.1) is 5.92 Å². The van der Waals surface area contributed by atoms with Crippen molar-refractivity contribution in [2.45, 2.75) is 52.0 Å². The van der Waals surface area contributed by atoms with Crippen LogP contribution >= 0.6 is 0 Å². The van der Waals surface area contributed by atoms with Crippen LogP contribution in [0.1, 0.15) is 46.0 Å². The molecule has 1 heteroatoms. The van der Waals surface area contributed by atoms with E-state index in [1.54, 1.807) is 0 Å². The van der Waals surface area contributed by atoms with Gasteiger partial charge in [0, 0.05) is 12.6 Å². The number of piperidine rings is 1. The molecule has 0 amide bonds. The van der Waals surface area contributed by atoms with Crippen molar-refractivity contribution in [1.29, 1.82) is 0 Å². The van der Waals surface area contributed by atoms with Crippen molar-refractivity contribution in [3.63, 3.8) is 0 Å². The topological polar surface area (TPSA) is 3.24 Å². The molecule has 0 aromatic heterocycles. The van der Waals surface area contributed by atoms with Crippen LogP contribution in [-0.4, -0.2) is 24.5 Å². The Labute approximate surface area is 77.1 Å². The molecule has 1 heterocycles. The summed E-state index contributed by atoms with van der Waals surface area (Å²) in [7, 11) is 2.29. The van der Waals surface area contributed by atoms with Gasteiger partial charge in [-0.25, -0.2) is 0 Å². The molecule has 2 atom stereocenters. The van der Waals surface area contributed by atoms with Gasteiger partial charge in [-0.2, -0.15) is 0 Å². The predicted molar refractivity (Wildman–Crippen MR) is 54.3 cm³/mol. The van der Waals surface area contributed by atoms with E-state index in [0.29, 0.717) is 0 Å². The van der Waals surface area contributed by atoms with Gasteiger partial charge in [-0.1, -0.05) is 26.7 Å². The second kappa shape index (κ2) is 4.86. The van der Waals surface area contributed by atoms with Gasteiger partial charge in [-0.15, -0.1) is 0 Å². The Kier molecular flexibility index (Phi) is 4.07. The van der Waals surface area contributed by atoms with E-state index in [1.165, 1.54) is 38.6 Å². The molecule has 0 aliphatic carbocycles. The van der Waals surface area contributed by atoms with Crippen molar-refractivity contribution in [3.05, 3.63) is 0 Å². The van der Waals surface area contributed by atoms with Gasteiger partial charge < -0.3 is 4.90 Å². The van der Waals surface area contributed by atoms with E-state index >= 15 is 0 Å². The molecule has 1 nitrogen and oxygen atoms in total. The van der Waals surface area contributed by atoms with Crippen molar-refractivity contribution in [3.8, 4) is 0 Å². The Morgan fingerprint density at radius 2 is 2.00 bits per heavy atom. The lowest BCUT2D eigenvalue weighted by atomic mass is 9.90. The lowest BCUT2D eigenvalue weighted by Gasteiger charge is -2.36. The summed E-state index contributed by atoms with van der Waals surface area (Å²) < 4.78 is 0. The van der Waals surface area contributed by atoms with E-state index in [9.17, 15) is 0 Å². The smallest absolute Gasteiger partial charge is 0.00923 e. The maximum atomic E-state index is 2.57. The highest BCUT2D eigenvalue weighted by molar-refractivity contribution is 4.78. The SMILES string of the molecule is CCCC1CCC(CC)CN1C. The highest BCUT2D eigenvalue weighted by Crippen LogP contribution is 2.24. The minimum absolute atomic E-state index is 0.887. The van der Waals surface area contributed by atoms with E-state index in [-0.39, 0.29) is 0 Å². The van der Waals surface area contributed by atoms with Crippen molar-refractivity contribution in [2.75, 3.05) is 13.6 Å². The third kappa shape index (κ3) is 2.48. The fourth-order valence-electron chi connectivity index (χ4n) is 2.33. The van der Waals surface area contributed by atoms with Crippen LogP contribution < -0.4 is 0 Å². The van der Waals surface area contributed by atoms with E-state index in [4.69, 9.17) is 0 Å². The van der Waals surface area contributed by atoms with E-state index in [0.717, 1.165) is 12.0 Å². The van der Waals surface area contributed by atoms with Gasteiger partial charge in [0.15, 0.2) is 0 Å². The van der Waals surface area contributed by atoms with Crippen LogP contribution in [-0.2, 0) is 0 Å². The first kappa shape index (κ1) is 10.0. The minimum atomic E-state index is 0.887. The minimum Gasteiger partial charge on any atom is -0.303 e. The zero-order valence-corrected chi connectivity index (χ0v) is 8.84. The Morgan fingerprint density at radius 1 is 1.25 bits per heavy atom. The monoisotopic (exact) mass is 169 g/mol. The van der Waals surface area contributed by atoms with Gasteiger partial charge in [0.2, 0.25) is 0 Å². The Hall–Kier alpha value is -0.0400. The van der Waals surface area contributed by atoms with E-state index in [1.807, 2.05) is 0 Å². The Bertz CT molecular complexity index is 122. The summed E-state index contributed by atoms with van der Waals surface area (Å²) >= 11 is 0. The maximum Gasteiger partial charge on any atom is 0.00923 e. The number of hydrogen-bond acceptors (Lipinski definition) is 1. The van der Waals surface area contributed by atoms with Crippen LogP contribution in [0.25, 0.3) is 0 Å². The molecule has 0 spiro atoms. The zero-order valence-electron chi connectivity index (χ0n) is 8.84. The second-order valence-corrected chi connectivity index (χ2v) is 4.23. The molecule has 0 saturated carbocycles. The van der Waals surface area contributed by atoms with Gasteiger partial charge in [0.25, 0.3) is 0 Å². The van der Waals surface area contributed by atoms with Gasteiger partial charge >= 0.3 is 0 Å². The van der Waals surface area contributed by atoms with Gasteiger partial charge in [-0.05, 0) is 32.2 Å². The maximum absolute atomic E-state index is 2.57. The second-order valence-electron chi connectivity index (χ2n) is 4.23. The first-order valence-electron chi connectivity index (χ1n) is 5.48. The first-order valence-corrected chi connectivity index (χ1v) is 5.48. The number of rotatable bonds is 3. The van der Waals surface area contributed by atoms with Gasteiger partial charge in [0.1, 0.15) is 0 Å². The highest BCUT2D eigenvalue weighted by atomic mass is 15.1. The molecule has 0 bridgehead atoms. The average molecular weight is 169 g/mol. The molecule has 1 rings (SSSR count). The molecule has 2 unspecified atom stereocenters. The average Bonchev–Trinajstić information content (AvgIpc) is 2.09. The third-order valence-electron chi connectivity index (χ3n) is 3.28. The summed E-state index contributed by atoms with van der Waals surface area (Å²) in [5.41, 5.74) is 0. The summed E-state index contributed by atoms with van der Waals surface area (Å²) in [6.45, 7) is 5.94. The van der Waals surface area contributed by atoms with Crippen molar-refractivity contribution < 1.29 is 0 Å². The molecule has 0 N–H and O–H groups in total. The fraction of sp³-hybridized carbons (Fsp3) is 1.00. The van der Waals surface area contributed by atoms with Gasteiger partial charge in [0.05, 0.1) is 0 Å². The highest BCUT2D eigenvalue weighted by Gasteiger charge is 2.23. The Balaban J connectivity index is 2.31. The summed E-state index contributed by atoms with van der Waals surface area (Å²) in [4.78, 5) is 2.57. The first-order chi connectivity index (χ1) is 5.77. The van der Waals surface area contributed by atoms with Crippen molar-refractivity contribution in [1.82, 2.24) is 4.90 Å². The molecule has 1 aliphatic heterocycles. The molecule has 12 heavy (non-hydrogen) atoms. The van der Waals surface area contributed by atoms with Crippen LogP contribution in [0.5, 0.6) is 0 Å². The third-order valence-corrected chi connectivity index (χ3v) is 3.28. The summed E-state index contributed by atoms with van der Waals surface area (Å²) in [6.07, 6.45) is 7.00. The molecule has 0 aromatic rings. The number of likely N-dealkylation sites (tertiary alicyclic amines) is 1. The molecule has 0 radical (unpaired) electrons. The van der Waals surface area contributed by atoms with E-state index < -0.39 is 0 Å². The van der Waals surface area contributed by atoms with Crippen LogP contribution in [0.3, 0.4) is 0 Å². The van der Waals surface area contributed by atoms with Crippen LogP contribution in [0.2, 0.25) is 0 Å². The lowest BCUT2D eigenvalue weighted by molar-refractivity contribution is 0.128. The summed E-state index contributed by atoms with van der Waals surface area (Å²) in [5.74, 6) is 0.975. The van der Waals surface area contributed by atoms with Gasteiger partial charge in [-0.3, -0.25) is 0 Å². The molecule has 72 valence electrons. The largest absolute Gasteiger partial charge is 0.303 e. The van der Waals surface area contributed by atoms with E-state index in [2.05, 4.69) is 25.8 Å². The van der Waals surface area contributed by atoms with Crippen molar-refractivity contribution in [2.24, 2.45) is 5.92 Å². The van der Waals surface area contributed by atoms with Crippen LogP contribution in [0.4, 0.5) is 0 Å². The molecule has 0 aromatic carbocycles. The fourth-order valence-corrected chi connectivity index (χ4v) is 2.33. The number of hydrogen-bond donors (Lipinski definition) is 0. The molecule has 1 saturated heterocycles. The van der Waals surface area contributed by atoms with Crippen molar-refractivity contribution >= 4 is 0 Å². The summed E-state index contributed by atoms with van der Waals surface area (Å²) in [5, 5.41) is 0. The quantitative estimate of drug-likeness (QED) is 0.628.